The van der Waals surface area contributed by atoms with Crippen LogP contribution in [0.15, 0.2) is 24.3 Å². The molecule has 0 heterocycles. The van der Waals surface area contributed by atoms with Gasteiger partial charge in [0.15, 0.2) is 0 Å². The summed E-state index contributed by atoms with van der Waals surface area (Å²) in [6, 6.07) is 8.67. The average Bonchev–Trinajstić information content (AvgIpc) is 2.29. The summed E-state index contributed by atoms with van der Waals surface area (Å²) < 4.78 is 0. The van der Waals surface area contributed by atoms with Gasteiger partial charge in [0.25, 0.3) is 0 Å². The largest absolute Gasteiger partial charge is 0.481 e. The van der Waals surface area contributed by atoms with Gasteiger partial charge in [-0.3, -0.25) is 4.79 Å². The van der Waals surface area contributed by atoms with Crippen LogP contribution >= 0.6 is 0 Å². The summed E-state index contributed by atoms with van der Waals surface area (Å²) in [5.74, 6) is -0.212. The van der Waals surface area contributed by atoms with Gasteiger partial charge in [0.2, 0.25) is 0 Å². The molecule has 0 saturated heterocycles. The number of benzene rings is 1. The fraction of sp³-hybridized carbons (Fsp3) is 0.533. The van der Waals surface area contributed by atoms with E-state index in [0.29, 0.717) is 12.3 Å². The molecule has 0 spiro atoms. The van der Waals surface area contributed by atoms with E-state index in [1.807, 2.05) is 14.1 Å². The number of hydrogen-bond acceptors (Lipinski definition) is 2. The number of rotatable bonds is 6. The van der Waals surface area contributed by atoms with Gasteiger partial charge in [-0.15, -0.1) is 0 Å². The fourth-order valence-corrected chi connectivity index (χ4v) is 2.09. The van der Waals surface area contributed by atoms with E-state index in [9.17, 15) is 4.79 Å². The van der Waals surface area contributed by atoms with E-state index < -0.39 is 5.97 Å². The highest BCUT2D eigenvalue weighted by Crippen LogP contribution is 2.25. The molecular weight excluding hydrogens is 226 g/mol. The molecule has 1 rings (SSSR count). The number of nitrogens with zero attached hydrogens (tertiary/aromatic N) is 1. The zero-order valence-electron chi connectivity index (χ0n) is 11.7. The minimum atomic E-state index is -0.736. The summed E-state index contributed by atoms with van der Waals surface area (Å²) in [5.41, 5.74) is 2.50. The van der Waals surface area contributed by atoms with Crippen molar-refractivity contribution in [2.45, 2.75) is 38.6 Å². The molecule has 0 aliphatic carbocycles. The summed E-state index contributed by atoms with van der Waals surface area (Å²) in [7, 11) is 3.98. The molecule has 0 fully saturated rings. The molecule has 3 heteroatoms. The standard InChI is InChI=1S/C15H23NO2/c1-11(2)12-5-7-13(8-6-12)14(16(3)4)9-10-15(17)18/h5-8,11,14H,9-10H2,1-4H3,(H,17,18). The number of aliphatic carboxylic acids is 1. The predicted molar refractivity (Wildman–Crippen MR) is 73.8 cm³/mol. The van der Waals surface area contributed by atoms with Crippen LogP contribution in [-0.4, -0.2) is 30.1 Å². The molecule has 18 heavy (non-hydrogen) atoms. The molecule has 0 aliphatic rings. The van der Waals surface area contributed by atoms with Gasteiger partial charge in [-0.1, -0.05) is 38.1 Å². The molecule has 0 saturated carbocycles. The molecule has 1 atom stereocenters. The van der Waals surface area contributed by atoms with Crippen molar-refractivity contribution in [3.05, 3.63) is 35.4 Å². The third-order valence-electron chi connectivity index (χ3n) is 3.24. The molecule has 1 N–H and O–H groups in total. The smallest absolute Gasteiger partial charge is 0.303 e. The summed E-state index contributed by atoms with van der Waals surface area (Å²) in [6.07, 6.45) is 0.845. The van der Waals surface area contributed by atoms with Gasteiger partial charge in [0, 0.05) is 12.5 Å². The number of carboxylic acids is 1. The minimum absolute atomic E-state index is 0.169. The zero-order chi connectivity index (χ0) is 13.7. The summed E-state index contributed by atoms with van der Waals surface area (Å²) in [6.45, 7) is 4.34. The number of hydrogen-bond donors (Lipinski definition) is 1. The maximum absolute atomic E-state index is 10.7. The molecule has 100 valence electrons. The molecule has 1 unspecified atom stereocenters. The van der Waals surface area contributed by atoms with Gasteiger partial charge in [-0.05, 0) is 37.6 Å². The Kier molecular flexibility index (Phi) is 5.35. The molecule has 1 aromatic rings. The number of carbonyl (C=O) groups is 1. The van der Waals surface area contributed by atoms with Gasteiger partial charge >= 0.3 is 5.97 Å². The molecule has 0 bridgehead atoms. The highest BCUT2D eigenvalue weighted by molar-refractivity contribution is 5.66. The minimum Gasteiger partial charge on any atom is -0.481 e. The Morgan fingerprint density at radius 2 is 1.67 bits per heavy atom. The van der Waals surface area contributed by atoms with Crippen molar-refractivity contribution in [1.29, 1.82) is 0 Å². The monoisotopic (exact) mass is 249 g/mol. The second-order valence-electron chi connectivity index (χ2n) is 5.23. The van der Waals surface area contributed by atoms with E-state index in [1.165, 1.54) is 11.1 Å². The fourth-order valence-electron chi connectivity index (χ4n) is 2.09. The molecule has 0 aromatic heterocycles. The Morgan fingerprint density at radius 1 is 1.17 bits per heavy atom. The van der Waals surface area contributed by atoms with Gasteiger partial charge in [0.1, 0.15) is 0 Å². The lowest BCUT2D eigenvalue weighted by atomic mass is 9.96. The first-order chi connectivity index (χ1) is 8.41. The zero-order valence-corrected chi connectivity index (χ0v) is 11.7. The lowest BCUT2D eigenvalue weighted by molar-refractivity contribution is -0.137. The highest BCUT2D eigenvalue weighted by Gasteiger charge is 2.15. The molecule has 0 radical (unpaired) electrons. The second-order valence-corrected chi connectivity index (χ2v) is 5.23. The van der Waals surface area contributed by atoms with Crippen LogP contribution in [-0.2, 0) is 4.79 Å². The molecule has 0 amide bonds. The first-order valence-electron chi connectivity index (χ1n) is 6.40. The SMILES string of the molecule is CC(C)c1ccc(C(CCC(=O)O)N(C)C)cc1. The van der Waals surface area contributed by atoms with Crippen LogP contribution in [0.1, 0.15) is 49.8 Å². The van der Waals surface area contributed by atoms with Crippen molar-refractivity contribution in [3.8, 4) is 0 Å². The maximum Gasteiger partial charge on any atom is 0.303 e. The lowest BCUT2D eigenvalue weighted by Gasteiger charge is -2.24. The maximum atomic E-state index is 10.7. The van der Waals surface area contributed by atoms with Crippen LogP contribution in [0.4, 0.5) is 0 Å². The Balaban J connectivity index is 2.82. The molecule has 1 aromatic carbocycles. The Labute approximate surface area is 109 Å². The summed E-state index contributed by atoms with van der Waals surface area (Å²) >= 11 is 0. The third kappa shape index (κ3) is 4.15. The van der Waals surface area contributed by atoms with E-state index in [0.717, 1.165) is 0 Å². The van der Waals surface area contributed by atoms with Crippen LogP contribution in [0.25, 0.3) is 0 Å². The van der Waals surface area contributed by atoms with Crippen LogP contribution in [0.3, 0.4) is 0 Å². The quantitative estimate of drug-likeness (QED) is 0.841. The first-order valence-corrected chi connectivity index (χ1v) is 6.40. The average molecular weight is 249 g/mol. The van der Waals surface area contributed by atoms with Crippen molar-refractivity contribution in [2.75, 3.05) is 14.1 Å². The molecule has 3 nitrogen and oxygen atoms in total. The van der Waals surface area contributed by atoms with E-state index >= 15 is 0 Å². The Bertz CT molecular complexity index is 382. The van der Waals surface area contributed by atoms with Crippen LogP contribution in [0, 0.1) is 0 Å². The third-order valence-corrected chi connectivity index (χ3v) is 3.24. The van der Waals surface area contributed by atoms with Gasteiger partial charge in [0.05, 0.1) is 0 Å². The molecular formula is C15H23NO2. The number of carboxylic acid groups (broad SMARTS) is 1. The van der Waals surface area contributed by atoms with Gasteiger partial charge < -0.3 is 10.0 Å². The van der Waals surface area contributed by atoms with E-state index in [2.05, 4.69) is 43.0 Å². The van der Waals surface area contributed by atoms with E-state index in [-0.39, 0.29) is 12.5 Å². The van der Waals surface area contributed by atoms with Gasteiger partial charge in [-0.25, -0.2) is 0 Å². The topological polar surface area (TPSA) is 40.5 Å². The van der Waals surface area contributed by atoms with E-state index in [4.69, 9.17) is 5.11 Å². The Hall–Kier alpha value is -1.35. The highest BCUT2D eigenvalue weighted by atomic mass is 16.4. The van der Waals surface area contributed by atoms with Crippen LogP contribution in [0.5, 0.6) is 0 Å². The molecule has 0 aliphatic heterocycles. The Morgan fingerprint density at radius 3 is 2.06 bits per heavy atom. The normalized spacial score (nSPS) is 13.0. The second kappa shape index (κ2) is 6.55. The van der Waals surface area contributed by atoms with Crippen LogP contribution < -0.4 is 0 Å². The van der Waals surface area contributed by atoms with Crippen molar-refractivity contribution in [3.63, 3.8) is 0 Å². The van der Waals surface area contributed by atoms with Crippen molar-refractivity contribution in [2.24, 2.45) is 0 Å². The van der Waals surface area contributed by atoms with Crippen molar-refractivity contribution < 1.29 is 9.90 Å². The van der Waals surface area contributed by atoms with Crippen molar-refractivity contribution in [1.82, 2.24) is 4.90 Å². The summed E-state index contributed by atoms with van der Waals surface area (Å²) in [4.78, 5) is 12.8. The van der Waals surface area contributed by atoms with Crippen molar-refractivity contribution >= 4 is 5.97 Å². The lowest BCUT2D eigenvalue weighted by Crippen LogP contribution is -2.20. The van der Waals surface area contributed by atoms with E-state index in [1.54, 1.807) is 0 Å². The first kappa shape index (κ1) is 14.7. The van der Waals surface area contributed by atoms with Crippen LogP contribution in [0.2, 0.25) is 0 Å². The van der Waals surface area contributed by atoms with Gasteiger partial charge in [-0.2, -0.15) is 0 Å². The summed E-state index contributed by atoms with van der Waals surface area (Å²) in [5, 5.41) is 8.79. The predicted octanol–water partition coefficient (Wildman–Crippen LogP) is 3.28.